The van der Waals surface area contributed by atoms with Crippen molar-refractivity contribution in [3.63, 3.8) is 0 Å². The number of pyridine rings is 1. The molecular formula is C21H21N5O3. The summed E-state index contributed by atoms with van der Waals surface area (Å²) in [5.41, 5.74) is 1.89. The summed E-state index contributed by atoms with van der Waals surface area (Å²) in [5, 5.41) is 11.6. The normalized spacial score (nSPS) is 10.5. The van der Waals surface area contributed by atoms with Gasteiger partial charge in [-0.05, 0) is 36.2 Å². The number of nitrogens with one attached hydrogen (secondary N) is 1. The Bertz CT molecular complexity index is 1080. The number of nitrogens with zero attached hydrogens (tertiary/aromatic N) is 4. The molecule has 0 fully saturated rings. The van der Waals surface area contributed by atoms with Crippen LogP contribution in [0.25, 0.3) is 16.9 Å². The standard InChI is InChI=1S/C21H21N5O3/c1-25(10-3-11-29-2)21(28)17-8-9-19(23-13-17)26-14-18(20(27)24-26)16-6-4-15(12-22)5-7-16/h4-9,13-14H,3,10-11H2,1-2H3,(H,24,27). The average molecular weight is 391 g/mol. The molecule has 0 unspecified atom stereocenters. The number of H-pyrrole nitrogens is 1. The van der Waals surface area contributed by atoms with E-state index in [2.05, 4.69) is 10.1 Å². The fourth-order valence-corrected chi connectivity index (χ4v) is 2.87. The van der Waals surface area contributed by atoms with Gasteiger partial charge in [0.15, 0.2) is 5.82 Å². The number of rotatable bonds is 7. The lowest BCUT2D eigenvalue weighted by Gasteiger charge is -2.16. The lowest BCUT2D eigenvalue weighted by Crippen LogP contribution is -2.28. The fourth-order valence-electron chi connectivity index (χ4n) is 2.87. The molecule has 3 rings (SSSR count). The van der Waals surface area contributed by atoms with Crippen molar-refractivity contribution in [3.05, 3.63) is 70.3 Å². The highest BCUT2D eigenvalue weighted by molar-refractivity contribution is 5.93. The first kappa shape index (κ1) is 20.0. The van der Waals surface area contributed by atoms with E-state index in [0.29, 0.717) is 41.2 Å². The number of aromatic amines is 1. The van der Waals surface area contributed by atoms with Gasteiger partial charge in [0.05, 0.1) is 22.8 Å². The van der Waals surface area contributed by atoms with Gasteiger partial charge in [0, 0.05) is 39.7 Å². The number of methoxy groups -OCH3 is 1. The third kappa shape index (κ3) is 4.59. The fraction of sp³-hybridized carbons (Fsp3) is 0.238. The molecule has 0 saturated heterocycles. The van der Waals surface area contributed by atoms with Crippen molar-refractivity contribution in [3.8, 4) is 23.0 Å². The Morgan fingerprint density at radius 2 is 2.03 bits per heavy atom. The van der Waals surface area contributed by atoms with Crippen molar-refractivity contribution >= 4 is 5.91 Å². The van der Waals surface area contributed by atoms with Gasteiger partial charge in [0.2, 0.25) is 0 Å². The van der Waals surface area contributed by atoms with Gasteiger partial charge in [-0.1, -0.05) is 12.1 Å². The van der Waals surface area contributed by atoms with E-state index in [9.17, 15) is 9.59 Å². The van der Waals surface area contributed by atoms with E-state index >= 15 is 0 Å². The highest BCUT2D eigenvalue weighted by Crippen LogP contribution is 2.17. The van der Waals surface area contributed by atoms with E-state index in [-0.39, 0.29) is 11.5 Å². The van der Waals surface area contributed by atoms with Crippen molar-refractivity contribution in [2.45, 2.75) is 6.42 Å². The van der Waals surface area contributed by atoms with Crippen LogP contribution in [0.1, 0.15) is 22.3 Å². The molecule has 2 aromatic heterocycles. The van der Waals surface area contributed by atoms with Crippen LogP contribution in [0, 0.1) is 11.3 Å². The Morgan fingerprint density at radius 1 is 1.28 bits per heavy atom. The molecule has 0 atom stereocenters. The van der Waals surface area contributed by atoms with Gasteiger partial charge in [-0.15, -0.1) is 0 Å². The summed E-state index contributed by atoms with van der Waals surface area (Å²) < 4.78 is 6.51. The van der Waals surface area contributed by atoms with Crippen LogP contribution in [0.3, 0.4) is 0 Å². The van der Waals surface area contributed by atoms with Crippen LogP contribution in [-0.4, -0.2) is 52.9 Å². The Kier molecular flexibility index (Phi) is 6.22. The summed E-state index contributed by atoms with van der Waals surface area (Å²) in [7, 11) is 3.36. The second-order valence-electron chi connectivity index (χ2n) is 6.52. The summed E-state index contributed by atoms with van der Waals surface area (Å²) in [6.45, 7) is 1.19. The molecule has 0 aliphatic rings. The van der Waals surface area contributed by atoms with Crippen LogP contribution in [-0.2, 0) is 4.74 Å². The smallest absolute Gasteiger partial charge is 0.272 e. The van der Waals surface area contributed by atoms with Crippen molar-refractivity contribution in [2.75, 3.05) is 27.3 Å². The van der Waals surface area contributed by atoms with E-state index in [4.69, 9.17) is 10.00 Å². The molecule has 0 saturated carbocycles. The summed E-state index contributed by atoms with van der Waals surface area (Å²) in [5.74, 6) is 0.361. The molecule has 8 heteroatoms. The van der Waals surface area contributed by atoms with Gasteiger partial charge in [0.25, 0.3) is 11.5 Å². The number of carbonyl (C=O) groups excluding carboxylic acids is 1. The molecular weight excluding hydrogens is 370 g/mol. The molecule has 148 valence electrons. The lowest BCUT2D eigenvalue weighted by atomic mass is 10.1. The topological polar surface area (TPSA) is 104 Å². The third-order valence-corrected chi connectivity index (χ3v) is 4.48. The Balaban J connectivity index is 1.77. The summed E-state index contributed by atoms with van der Waals surface area (Å²) in [6.07, 6.45) is 3.89. The van der Waals surface area contributed by atoms with Gasteiger partial charge in [-0.3, -0.25) is 14.7 Å². The van der Waals surface area contributed by atoms with Crippen molar-refractivity contribution in [1.29, 1.82) is 5.26 Å². The predicted octanol–water partition coefficient (Wildman–Crippen LogP) is 2.21. The quantitative estimate of drug-likeness (QED) is 0.622. The molecule has 0 radical (unpaired) electrons. The van der Waals surface area contributed by atoms with Crippen LogP contribution >= 0.6 is 0 Å². The number of amides is 1. The average Bonchev–Trinajstić information content (AvgIpc) is 3.15. The van der Waals surface area contributed by atoms with Crippen LogP contribution in [0.4, 0.5) is 0 Å². The number of nitriles is 1. The van der Waals surface area contributed by atoms with E-state index in [0.717, 1.165) is 6.42 Å². The Labute approximate surface area is 168 Å². The molecule has 0 aliphatic carbocycles. The molecule has 3 aromatic rings. The lowest BCUT2D eigenvalue weighted by molar-refractivity contribution is 0.0779. The summed E-state index contributed by atoms with van der Waals surface area (Å²) in [4.78, 5) is 30.7. The number of aromatic nitrogens is 3. The van der Waals surface area contributed by atoms with Crippen LogP contribution in [0.5, 0.6) is 0 Å². The minimum absolute atomic E-state index is 0.126. The predicted molar refractivity (Wildman–Crippen MR) is 108 cm³/mol. The van der Waals surface area contributed by atoms with Gasteiger partial charge in [-0.2, -0.15) is 5.26 Å². The van der Waals surface area contributed by atoms with Gasteiger partial charge in [0.1, 0.15) is 0 Å². The van der Waals surface area contributed by atoms with Crippen LogP contribution in [0.15, 0.2) is 53.6 Å². The number of carbonyl (C=O) groups is 1. The largest absolute Gasteiger partial charge is 0.385 e. The Morgan fingerprint density at radius 3 is 2.66 bits per heavy atom. The number of benzene rings is 1. The molecule has 0 aliphatic heterocycles. The van der Waals surface area contributed by atoms with Gasteiger partial charge >= 0.3 is 0 Å². The second kappa shape index (κ2) is 8.99. The number of hydrogen-bond acceptors (Lipinski definition) is 5. The highest BCUT2D eigenvalue weighted by atomic mass is 16.5. The van der Waals surface area contributed by atoms with E-state index in [1.807, 2.05) is 6.07 Å². The highest BCUT2D eigenvalue weighted by Gasteiger charge is 2.13. The minimum Gasteiger partial charge on any atom is -0.385 e. The molecule has 1 N–H and O–H groups in total. The van der Waals surface area contributed by atoms with Crippen molar-refractivity contribution in [2.24, 2.45) is 0 Å². The second-order valence-corrected chi connectivity index (χ2v) is 6.52. The van der Waals surface area contributed by atoms with Crippen LogP contribution in [0.2, 0.25) is 0 Å². The zero-order chi connectivity index (χ0) is 20.8. The zero-order valence-electron chi connectivity index (χ0n) is 16.3. The van der Waals surface area contributed by atoms with Crippen molar-refractivity contribution in [1.82, 2.24) is 19.7 Å². The maximum absolute atomic E-state index is 12.4. The minimum atomic E-state index is -0.269. The maximum Gasteiger partial charge on any atom is 0.272 e. The molecule has 1 amide bonds. The number of hydrogen-bond donors (Lipinski definition) is 1. The molecule has 0 spiro atoms. The first-order valence-electron chi connectivity index (χ1n) is 9.06. The Hall–Kier alpha value is -3.70. The molecule has 0 bridgehead atoms. The number of ether oxygens (including phenoxy) is 1. The van der Waals surface area contributed by atoms with E-state index in [1.54, 1.807) is 61.7 Å². The van der Waals surface area contributed by atoms with Crippen molar-refractivity contribution < 1.29 is 9.53 Å². The SMILES string of the molecule is COCCCN(C)C(=O)c1ccc(-n2cc(-c3ccc(C#N)cc3)c(=O)[nH]2)nc1. The molecule has 8 nitrogen and oxygen atoms in total. The monoisotopic (exact) mass is 391 g/mol. The molecule has 29 heavy (non-hydrogen) atoms. The van der Waals surface area contributed by atoms with E-state index in [1.165, 1.54) is 10.9 Å². The summed E-state index contributed by atoms with van der Waals surface area (Å²) >= 11 is 0. The summed E-state index contributed by atoms with van der Waals surface area (Å²) in [6, 6.07) is 12.2. The van der Waals surface area contributed by atoms with Gasteiger partial charge in [-0.25, -0.2) is 9.67 Å². The molecule has 1 aromatic carbocycles. The first-order chi connectivity index (χ1) is 14.0. The molecule has 2 heterocycles. The first-order valence-corrected chi connectivity index (χ1v) is 9.06. The third-order valence-electron chi connectivity index (χ3n) is 4.48. The maximum atomic E-state index is 12.4. The van der Waals surface area contributed by atoms with Gasteiger partial charge < -0.3 is 9.64 Å². The van der Waals surface area contributed by atoms with Crippen LogP contribution < -0.4 is 5.56 Å². The van der Waals surface area contributed by atoms with E-state index < -0.39 is 0 Å². The zero-order valence-corrected chi connectivity index (χ0v) is 16.3.